The van der Waals surface area contributed by atoms with Crippen molar-refractivity contribution in [1.82, 2.24) is 33.4 Å². The Morgan fingerprint density at radius 3 is 2.72 bits per heavy atom. The Morgan fingerprint density at radius 1 is 1.16 bits per heavy atom. The highest BCUT2D eigenvalue weighted by molar-refractivity contribution is 7.99. The van der Waals surface area contributed by atoms with Gasteiger partial charge in [-0.25, -0.2) is 9.78 Å². The smallest absolute Gasteiger partial charge is 0.328 e. The van der Waals surface area contributed by atoms with Crippen molar-refractivity contribution >= 4 is 22.9 Å². The van der Waals surface area contributed by atoms with Gasteiger partial charge in [-0.2, -0.15) is 0 Å². The molecule has 0 saturated carbocycles. The molecule has 0 aliphatic rings. The molecule has 0 spiro atoms. The average Bonchev–Trinajstić information content (AvgIpc) is 3.35. The van der Waals surface area contributed by atoms with Gasteiger partial charge in [0.25, 0.3) is 5.56 Å². The summed E-state index contributed by atoms with van der Waals surface area (Å²) in [4.78, 5) is 29.6. The van der Waals surface area contributed by atoms with Crippen LogP contribution < -0.4 is 11.2 Å². The van der Waals surface area contributed by atoms with Crippen molar-refractivity contribution in [2.45, 2.75) is 31.6 Å². The first-order valence-corrected chi connectivity index (χ1v) is 11.3. The minimum atomic E-state index is -0.359. The van der Waals surface area contributed by atoms with E-state index < -0.39 is 0 Å². The van der Waals surface area contributed by atoms with Crippen LogP contribution in [-0.4, -0.2) is 39.2 Å². The van der Waals surface area contributed by atoms with E-state index in [0.29, 0.717) is 36.4 Å². The number of benzene rings is 1. The fraction of sp³-hybridized carbons (Fsp3) is 0.318. The summed E-state index contributed by atoms with van der Waals surface area (Å²) in [5.74, 6) is 1.48. The summed E-state index contributed by atoms with van der Waals surface area (Å²) in [5.41, 5.74) is 2.31. The van der Waals surface area contributed by atoms with Crippen molar-refractivity contribution in [2.75, 3.05) is 5.75 Å². The molecule has 0 radical (unpaired) electrons. The first-order valence-electron chi connectivity index (χ1n) is 10.3. The largest absolute Gasteiger partial charge is 0.332 e. The van der Waals surface area contributed by atoms with E-state index in [0.717, 1.165) is 22.1 Å². The number of aromatic nitrogens is 7. The first-order chi connectivity index (χ1) is 15.4. The highest BCUT2D eigenvalue weighted by Gasteiger charge is 2.16. The lowest BCUT2D eigenvalue weighted by molar-refractivity contribution is 0.593. The molecule has 3 heterocycles. The van der Waals surface area contributed by atoms with Gasteiger partial charge in [0, 0.05) is 38.5 Å². The van der Waals surface area contributed by atoms with Gasteiger partial charge in [-0.05, 0) is 19.4 Å². The third-order valence-electron chi connectivity index (χ3n) is 5.26. The quantitative estimate of drug-likeness (QED) is 0.232. The Balaban J connectivity index is 1.51. The van der Waals surface area contributed by atoms with Gasteiger partial charge in [0.15, 0.2) is 22.1 Å². The third-order valence-corrected chi connectivity index (χ3v) is 6.32. The number of hydrogen-bond acceptors (Lipinski definition) is 6. The van der Waals surface area contributed by atoms with Crippen LogP contribution in [0.3, 0.4) is 0 Å². The standard InChI is InChI=1S/C22H25N7O2S/c1-5-10-28-18(16-9-6-8-15(2)13-16)24-25-21(28)32-12-7-11-29-20(30)17-19(23-14-26(17)3)27(4)22(29)31/h5-6,8-9,13-14H,1,7,10-12H2,2-4H3. The fourth-order valence-corrected chi connectivity index (χ4v) is 4.54. The molecule has 4 aromatic rings. The zero-order chi connectivity index (χ0) is 22.8. The maximum absolute atomic E-state index is 12.8. The van der Waals surface area contributed by atoms with E-state index in [-0.39, 0.29) is 11.2 Å². The van der Waals surface area contributed by atoms with Crippen LogP contribution in [0.1, 0.15) is 12.0 Å². The Labute approximate surface area is 189 Å². The average molecular weight is 452 g/mol. The number of imidazole rings is 1. The zero-order valence-electron chi connectivity index (χ0n) is 18.4. The Hall–Kier alpha value is -3.40. The summed E-state index contributed by atoms with van der Waals surface area (Å²) < 4.78 is 6.36. The van der Waals surface area contributed by atoms with E-state index in [4.69, 9.17) is 0 Å². The van der Waals surface area contributed by atoms with Gasteiger partial charge >= 0.3 is 5.69 Å². The molecule has 166 valence electrons. The van der Waals surface area contributed by atoms with Crippen LogP contribution in [0.5, 0.6) is 0 Å². The number of aryl methyl sites for hydroxylation is 3. The molecule has 9 nitrogen and oxygen atoms in total. The van der Waals surface area contributed by atoms with Crippen LogP contribution in [0.2, 0.25) is 0 Å². The lowest BCUT2D eigenvalue weighted by Gasteiger charge is -2.10. The molecule has 0 amide bonds. The number of fused-ring (bicyclic) bond motifs is 1. The van der Waals surface area contributed by atoms with E-state index in [1.165, 1.54) is 9.13 Å². The second-order valence-corrected chi connectivity index (χ2v) is 8.67. The van der Waals surface area contributed by atoms with E-state index in [9.17, 15) is 9.59 Å². The molecule has 10 heteroatoms. The van der Waals surface area contributed by atoms with Crippen LogP contribution in [0, 0.1) is 6.92 Å². The molecular weight excluding hydrogens is 426 g/mol. The van der Waals surface area contributed by atoms with Crippen molar-refractivity contribution < 1.29 is 0 Å². The molecule has 4 rings (SSSR count). The van der Waals surface area contributed by atoms with Crippen molar-refractivity contribution in [1.29, 1.82) is 0 Å². The van der Waals surface area contributed by atoms with Gasteiger partial charge < -0.3 is 4.57 Å². The normalized spacial score (nSPS) is 11.3. The topological polar surface area (TPSA) is 92.5 Å². The molecule has 0 saturated heterocycles. The highest BCUT2D eigenvalue weighted by Crippen LogP contribution is 2.25. The molecule has 0 atom stereocenters. The number of hydrogen-bond donors (Lipinski definition) is 0. The minimum absolute atomic E-state index is 0.315. The fourth-order valence-electron chi connectivity index (χ4n) is 3.67. The highest BCUT2D eigenvalue weighted by atomic mass is 32.2. The van der Waals surface area contributed by atoms with Crippen LogP contribution in [0.4, 0.5) is 0 Å². The molecule has 0 bridgehead atoms. The molecule has 0 unspecified atom stereocenters. The van der Waals surface area contributed by atoms with E-state index in [2.05, 4.69) is 27.8 Å². The van der Waals surface area contributed by atoms with Gasteiger partial charge in [0.05, 0.1) is 6.33 Å². The summed E-state index contributed by atoms with van der Waals surface area (Å²) in [6, 6.07) is 8.14. The Bertz CT molecular complexity index is 1410. The summed E-state index contributed by atoms with van der Waals surface area (Å²) >= 11 is 1.55. The molecule has 0 aliphatic heterocycles. The molecule has 3 aromatic heterocycles. The van der Waals surface area contributed by atoms with Crippen molar-refractivity contribution in [3.8, 4) is 11.4 Å². The second-order valence-electron chi connectivity index (χ2n) is 7.60. The number of thioether (sulfide) groups is 1. The summed E-state index contributed by atoms with van der Waals surface area (Å²) in [6.07, 6.45) is 3.99. The number of allylic oxidation sites excluding steroid dienone is 1. The van der Waals surface area contributed by atoms with Crippen molar-refractivity contribution in [2.24, 2.45) is 14.1 Å². The van der Waals surface area contributed by atoms with E-state index >= 15 is 0 Å². The first kappa shape index (κ1) is 21.8. The van der Waals surface area contributed by atoms with Crippen LogP contribution in [0.25, 0.3) is 22.6 Å². The summed E-state index contributed by atoms with van der Waals surface area (Å²) in [5, 5.41) is 9.53. The van der Waals surface area contributed by atoms with Gasteiger partial charge in [0.2, 0.25) is 0 Å². The summed E-state index contributed by atoms with van der Waals surface area (Å²) in [7, 11) is 3.38. The third kappa shape index (κ3) is 3.93. The van der Waals surface area contributed by atoms with E-state index in [1.54, 1.807) is 36.8 Å². The lowest BCUT2D eigenvalue weighted by atomic mass is 10.1. The molecule has 32 heavy (non-hydrogen) atoms. The second kappa shape index (κ2) is 8.99. The predicted molar refractivity (Wildman–Crippen MR) is 126 cm³/mol. The van der Waals surface area contributed by atoms with Gasteiger partial charge in [-0.15, -0.1) is 16.8 Å². The van der Waals surface area contributed by atoms with Crippen molar-refractivity contribution in [3.63, 3.8) is 0 Å². The van der Waals surface area contributed by atoms with Crippen LogP contribution >= 0.6 is 11.8 Å². The predicted octanol–water partition coefficient (Wildman–Crippen LogP) is 2.37. The zero-order valence-corrected chi connectivity index (χ0v) is 19.2. The van der Waals surface area contributed by atoms with Crippen LogP contribution in [0.15, 0.2) is 58.0 Å². The SMILES string of the molecule is C=CCn1c(SCCCn2c(=O)c3c(ncn3C)n(C)c2=O)nnc1-c1cccc(C)c1. The van der Waals surface area contributed by atoms with Gasteiger partial charge in [-0.3, -0.25) is 18.5 Å². The maximum atomic E-state index is 12.8. The van der Waals surface area contributed by atoms with Crippen molar-refractivity contribution in [3.05, 3.63) is 69.6 Å². The Morgan fingerprint density at radius 2 is 1.97 bits per heavy atom. The molecule has 1 aromatic carbocycles. The van der Waals surface area contributed by atoms with Crippen LogP contribution in [-0.2, 0) is 27.2 Å². The molecule has 0 N–H and O–H groups in total. The monoisotopic (exact) mass is 451 g/mol. The summed E-state index contributed by atoms with van der Waals surface area (Å²) in [6.45, 7) is 6.81. The maximum Gasteiger partial charge on any atom is 0.332 e. The molecular formula is C22H25N7O2S. The van der Waals surface area contributed by atoms with Gasteiger partial charge in [-0.1, -0.05) is 41.6 Å². The molecule has 0 fully saturated rings. The minimum Gasteiger partial charge on any atom is -0.328 e. The number of rotatable bonds is 8. The Kier molecular flexibility index (Phi) is 6.13. The molecule has 0 aliphatic carbocycles. The van der Waals surface area contributed by atoms with Gasteiger partial charge in [0.1, 0.15) is 0 Å². The number of nitrogens with zero attached hydrogens (tertiary/aromatic N) is 7. The lowest BCUT2D eigenvalue weighted by Crippen LogP contribution is -2.39. The van der Waals surface area contributed by atoms with E-state index in [1.807, 2.05) is 35.8 Å².